The van der Waals surface area contributed by atoms with Gasteiger partial charge < -0.3 is 10.1 Å². The molecule has 1 aliphatic heterocycles. The number of ether oxygens (including phenoxy) is 1. The van der Waals surface area contributed by atoms with Gasteiger partial charge in [-0.15, -0.1) is 0 Å². The molecule has 146 valence electrons. The molecule has 0 spiro atoms. The molecule has 0 bridgehead atoms. The first-order chi connectivity index (χ1) is 13.0. The average Bonchev–Trinajstić information content (AvgIpc) is 3.00. The van der Waals surface area contributed by atoms with Crippen LogP contribution in [0, 0.1) is 13.8 Å². The Morgan fingerprint density at radius 1 is 1.33 bits per heavy atom. The number of benzene rings is 1. The van der Waals surface area contributed by atoms with Crippen molar-refractivity contribution in [3.8, 4) is 0 Å². The smallest absolute Gasteiger partial charge is 0.220 e. The Balaban J connectivity index is 1.61. The maximum absolute atomic E-state index is 12.5. The summed E-state index contributed by atoms with van der Waals surface area (Å²) < 4.78 is 7.74. The molecule has 1 atom stereocenters. The molecule has 1 amide bonds. The zero-order valence-corrected chi connectivity index (χ0v) is 17.0. The first-order valence-electron chi connectivity index (χ1n) is 10.0. The summed E-state index contributed by atoms with van der Waals surface area (Å²) in [5.74, 6) is 0.0660. The Hall–Kier alpha value is -2.14. The number of rotatable bonds is 7. The van der Waals surface area contributed by atoms with E-state index in [0.717, 1.165) is 37.3 Å². The molecule has 0 radical (unpaired) electrons. The number of nitrogens with one attached hydrogen (secondary N) is 1. The second-order valence-corrected chi connectivity index (χ2v) is 7.53. The van der Waals surface area contributed by atoms with Crippen molar-refractivity contribution >= 4 is 5.91 Å². The topological polar surface area (TPSA) is 56.2 Å². The van der Waals surface area contributed by atoms with E-state index in [2.05, 4.69) is 49.0 Å². The number of hydrogen-bond donors (Lipinski definition) is 1. The molecule has 0 saturated heterocycles. The lowest BCUT2D eigenvalue weighted by molar-refractivity contribution is -0.121. The first kappa shape index (κ1) is 19.6. The maximum Gasteiger partial charge on any atom is 0.220 e. The number of aryl methyl sites for hydroxylation is 4. The highest BCUT2D eigenvalue weighted by molar-refractivity contribution is 5.76. The van der Waals surface area contributed by atoms with Crippen molar-refractivity contribution in [2.75, 3.05) is 6.61 Å². The molecule has 0 saturated carbocycles. The minimum atomic E-state index is 0.00620. The molecule has 2 heterocycles. The Bertz CT molecular complexity index is 810. The molecule has 1 unspecified atom stereocenters. The molecule has 1 N–H and O–H groups in total. The van der Waals surface area contributed by atoms with Crippen molar-refractivity contribution in [3.63, 3.8) is 0 Å². The third-order valence-electron chi connectivity index (χ3n) is 5.41. The summed E-state index contributed by atoms with van der Waals surface area (Å²) in [5, 5.41) is 7.89. The zero-order valence-electron chi connectivity index (χ0n) is 17.0. The lowest BCUT2D eigenvalue weighted by Gasteiger charge is -2.16. The van der Waals surface area contributed by atoms with E-state index < -0.39 is 0 Å². The molecule has 2 aromatic rings. The fraction of sp³-hybridized carbons (Fsp3) is 0.545. The van der Waals surface area contributed by atoms with Gasteiger partial charge in [0.1, 0.15) is 0 Å². The summed E-state index contributed by atoms with van der Waals surface area (Å²) in [7, 11) is 0. The average molecular weight is 370 g/mol. The fourth-order valence-electron chi connectivity index (χ4n) is 3.64. The Morgan fingerprint density at radius 2 is 2.15 bits per heavy atom. The molecular weight excluding hydrogens is 338 g/mol. The Labute approximate surface area is 162 Å². The van der Waals surface area contributed by atoms with Crippen LogP contribution in [0.15, 0.2) is 18.2 Å². The molecule has 0 fully saturated rings. The normalized spacial score (nSPS) is 14.7. The summed E-state index contributed by atoms with van der Waals surface area (Å²) in [6.07, 6.45) is 3.08. The highest BCUT2D eigenvalue weighted by Gasteiger charge is 2.21. The van der Waals surface area contributed by atoms with Gasteiger partial charge in [0.15, 0.2) is 0 Å². The molecule has 3 rings (SSSR count). The van der Waals surface area contributed by atoms with Gasteiger partial charge in [0, 0.05) is 37.1 Å². The van der Waals surface area contributed by atoms with E-state index in [-0.39, 0.29) is 11.9 Å². The van der Waals surface area contributed by atoms with Crippen LogP contribution in [-0.2, 0) is 35.5 Å². The standard InChI is InChI=1S/C22H31N3O2/c1-5-11-25-21-10-12-27-14-19(21)20(24-25)8-9-22(26)23-17(4)18-7-6-15(2)16(3)13-18/h6-7,13,17H,5,8-12,14H2,1-4H3,(H,23,26). The van der Waals surface area contributed by atoms with Crippen LogP contribution >= 0.6 is 0 Å². The van der Waals surface area contributed by atoms with Gasteiger partial charge in [0.05, 0.1) is 24.9 Å². The van der Waals surface area contributed by atoms with Gasteiger partial charge in [0.25, 0.3) is 0 Å². The van der Waals surface area contributed by atoms with Crippen LogP contribution in [0.3, 0.4) is 0 Å². The largest absolute Gasteiger partial charge is 0.376 e. The quantitative estimate of drug-likeness (QED) is 0.808. The molecule has 1 aromatic carbocycles. The molecule has 0 aliphatic carbocycles. The van der Waals surface area contributed by atoms with E-state index in [0.29, 0.717) is 19.4 Å². The Morgan fingerprint density at radius 3 is 2.89 bits per heavy atom. The van der Waals surface area contributed by atoms with E-state index in [4.69, 9.17) is 9.84 Å². The van der Waals surface area contributed by atoms with Crippen LogP contribution in [0.25, 0.3) is 0 Å². The maximum atomic E-state index is 12.5. The van der Waals surface area contributed by atoms with Gasteiger partial charge in [-0.2, -0.15) is 5.10 Å². The van der Waals surface area contributed by atoms with Crippen molar-refractivity contribution in [1.82, 2.24) is 15.1 Å². The number of carbonyl (C=O) groups is 1. The van der Waals surface area contributed by atoms with Gasteiger partial charge in [0.2, 0.25) is 5.91 Å². The molecule has 1 aliphatic rings. The van der Waals surface area contributed by atoms with Crippen molar-refractivity contribution in [3.05, 3.63) is 51.8 Å². The predicted molar refractivity (Wildman–Crippen MR) is 107 cm³/mol. The van der Waals surface area contributed by atoms with Crippen molar-refractivity contribution in [2.24, 2.45) is 0 Å². The number of aromatic nitrogens is 2. The minimum Gasteiger partial charge on any atom is -0.376 e. The third kappa shape index (κ3) is 4.59. The van der Waals surface area contributed by atoms with Crippen LogP contribution < -0.4 is 5.32 Å². The monoisotopic (exact) mass is 369 g/mol. The van der Waals surface area contributed by atoms with Crippen LogP contribution in [0.4, 0.5) is 0 Å². The SMILES string of the molecule is CCCn1nc(CCC(=O)NC(C)c2ccc(C)c(C)c2)c2c1CCOC2. The molecule has 1 aromatic heterocycles. The van der Waals surface area contributed by atoms with E-state index in [9.17, 15) is 4.79 Å². The van der Waals surface area contributed by atoms with Crippen LogP contribution in [0.2, 0.25) is 0 Å². The molecule has 5 heteroatoms. The van der Waals surface area contributed by atoms with E-state index >= 15 is 0 Å². The number of carbonyl (C=O) groups excluding carboxylic acids is 1. The van der Waals surface area contributed by atoms with Crippen molar-refractivity contribution in [2.45, 2.75) is 72.6 Å². The lowest BCUT2D eigenvalue weighted by atomic mass is 10.0. The summed E-state index contributed by atoms with van der Waals surface area (Å²) in [5.41, 5.74) is 7.18. The van der Waals surface area contributed by atoms with E-state index in [1.807, 2.05) is 6.92 Å². The van der Waals surface area contributed by atoms with Gasteiger partial charge >= 0.3 is 0 Å². The van der Waals surface area contributed by atoms with Crippen molar-refractivity contribution < 1.29 is 9.53 Å². The Kier molecular flexibility index (Phi) is 6.32. The molecule has 5 nitrogen and oxygen atoms in total. The number of nitrogens with zero attached hydrogens (tertiary/aromatic N) is 2. The lowest BCUT2D eigenvalue weighted by Crippen LogP contribution is -2.27. The second kappa shape index (κ2) is 8.70. The van der Waals surface area contributed by atoms with Crippen LogP contribution in [-0.4, -0.2) is 22.3 Å². The summed E-state index contributed by atoms with van der Waals surface area (Å²) in [4.78, 5) is 12.5. The second-order valence-electron chi connectivity index (χ2n) is 7.53. The fourth-order valence-corrected chi connectivity index (χ4v) is 3.64. The van der Waals surface area contributed by atoms with E-state index in [1.54, 1.807) is 0 Å². The summed E-state index contributed by atoms with van der Waals surface area (Å²) in [6, 6.07) is 6.36. The molecule has 27 heavy (non-hydrogen) atoms. The number of hydrogen-bond acceptors (Lipinski definition) is 3. The van der Waals surface area contributed by atoms with Crippen LogP contribution in [0.1, 0.15) is 66.4 Å². The predicted octanol–water partition coefficient (Wildman–Crippen LogP) is 3.79. The summed E-state index contributed by atoms with van der Waals surface area (Å²) in [6.45, 7) is 10.7. The first-order valence-corrected chi connectivity index (χ1v) is 10.0. The zero-order chi connectivity index (χ0) is 19.4. The van der Waals surface area contributed by atoms with Gasteiger partial charge in [-0.05, 0) is 43.9 Å². The van der Waals surface area contributed by atoms with Gasteiger partial charge in [-0.3, -0.25) is 9.48 Å². The number of fused-ring (bicyclic) bond motifs is 1. The van der Waals surface area contributed by atoms with Crippen molar-refractivity contribution in [1.29, 1.82) is 0 Å². The highest BCUT2D eigenvalue weighted by Crippen LogP contribution is 2.23. The molecular formula is C22H31N3O2. The van der Waals surface area contributed by atoms with E-state index in [1.165, 1.54) is 22.4 Å². The minimum absolute atomic E-state index is 0.00620. The van der Waals surface area contributed by atoms with Gasteiger partial charge in [-0.25, -0.2) is 0 Å². The van der Waals surface area contributed by atoms with Gasteiger partial charge in [-0.1, -0.05) is 25.1 Å². The third-order valence-corrected chi connectivity index (χ3v) is 5.41. The summed E-state index contributed by atoms with van der Waals surface area (Å²) >= 11 is 0. The van der Waals surface area contributed by atoms with Crippen LogP contribution in [0.5, 0.6) is 0 Å². The highest BCUT2D eigenvalue weighted by atomic mass is 16.5. The number of amides is 1.